The van der Waals surface area contributed by atoms with E-state index < -0.39 is 0 Å². The van der Waals surface area contributed by atoms with E-state index in [4.69, 9.17) is 0 Å². The molecule has 24 heavy (non-hydrogen) atoms. The monoisotopic (exact) mass is 385 g/mol. The predicted octanol–water partition coefficient (Wildman–Crippen LogP) is 5.69. The zero-order valence-electron chi connectivity index (χ0n) is 14.4. The average molecular weight is 386 g/mol. The van der Waals surface area contributed by atoms with Gasteiger partial charge >= 0.3 is 0 Å². The lowest BCUT2D eigenvalue weighted by molar-refractivity contribution is -0.118. The van der Waals surface area contributed by atoms with Crippen LogP contribution in [-0.2, 0) is 10.1 Å². The predicted molar refractivity (Wildman–Crippen MR) is 104 cm³/mol. The van der Waals surface area contributed by atoms with E-state index in [0.29, 0.717) is 17.8 Å². The summed E-state index contributed by atoms with van der Waals surface area (Å²) >= 11 is 3.56. The molecule has 1 fully saturated rings. The van der Waals surface area contributed by atoms with Crippen LogP contribution in [0.25, 0.3) is 0 Å². The van der Waals surface area contributed by atoms with E-state index in [-0.39, 0.29) is 11.8 Å². The molecule has 1 aliphatic rings. The zero-order chi connectivity index (χ0) is 17.3. The molecular weight excluding hydrogens is 362 g/mol. The fourth-order valence-electron chi connectivity index (χ4n) is 3.49. The lowest BCUT2D eigenvalue weighted by Gasteiger charge is -2.13. The van der Waals surface area contributed by atoms with Gasteiger partial charge in [0, 0.05) is 16.9 Å². The molecule has 3 rings (SSSR count). The van der Waals surface area contributed by atoms with Crippen LogP contribution in [0.1, 0.15) is 49.3 Å². The Bertz CT molecular complexity index is 726. The molecule has 0 aliphatic heterocycles. The Balaban J connectivity index is 1.82. The molecule has 0 saturated heterocycles. The highest BCUT2D eigenvalue weighted by Gasteiger charge is 2.48. The van der Waals surface area contributed by atoms with Crippen molar-refractivity contribution in [2.24, 2.45) is 11.8 Å². The summed E-state index contributed by atoms with van der Waals surface area (Å²) in [6.07, 6.45) is 0. The minimum atomic E-state index is -0.0150. The zero-order valence-corrected chi connectivity index (χ0v) is 16.0. The molecule has 2 nitrogen and oxygen atoms in total. The molecule has 1 N–H and O–H groups in total. The summed E-state index contributed by atoms with van der Waals surface area (Å²) in [6.45, 7) is 6.15. The van der Waals surface area contributed by atoms with Crippen LogP contribution in [0.4, 0.5) is 5.69 Å². The molecule has 3 heteroatoms. The molecule has 3 atom stereocenters. The number of amides is 1. The van der Waals surface area contributed by atoms with Crippen molar-refractivity contribution in [3.05, 3.63) is 65.2 Å². The van der Waals surface area contributed by atoms with E-state index >= 15 is 0 Å². The summed E-state index contributed by atoms with van der Waals surface area (Å²) in [5.41, 5.74) is 4.85. The minimum absolute atomic E-state index is 0.0150. The highest BCUT2D eigenvalue weighted by Crippen LogP contribution is 2.60. The van der Waals surface area contributed by atoms with E-state index in [9.17, 15) is 4.79 Å². The molecule has 3 unspecified atom stereocenters. The first-order chi connectivity index (χ1) is 11.5. The Kier molecular flexibility index (Phi) is 5.09. The molecule has 1 aliphatic carbocycles. The van der Waals surface area contributed by atoms with Crippen molar-refractivity contribution in [2.75, 3.05) is 5.32 Å². The molecular formula is C21H24BrNO. The summed E-state index contributed by atoms with van der Waals surface area (Å²) in [5, 5.41) is 3.77. The largest absolute Gasteiger partial charge is 0.326 e. The standard InChI is InChI=1S/C21H24BrNO/c1-13(2)21(24)23-18-10-9-16(11-17(18)12-22)20-14(3)19(20)15-7-5-4-6-8-15/h4-11,13-14,19-20H,12H2,1-3H3,(H,23,24). The number of rotatable bonds is 5. The summed E-state index contributed by atoms with van der Waals surface area (Å²) in [6, 6.07) is 17.2. The van der Waals surface area contributed by atoms with Crippen LogP contribution in [0.5, 0.6) is 0 Å². The third-order valence-electron chi connectivity index (χ3n) is 5.00. The number of carbonyl (C=O) groups excluding carboxylic acids is 1. The van der Waals surface area contributed by atoms with E-state index in [2.05, 4.69) is 76.7 Å². The summed E-state index contributed by atoms with van der Waals surface area (Å²) < 4.78 is 0. The normalized spacial score (nSPS) is 22.5. The number of carbonyl (C=O) groups is 1. The Morgan fingerprint density at radius 3 is 2.38 bits per heavy atom. The van der Waals surface area contributed by atoms with Gasteiger partial charge in [0.25, 0.3) is 0 Å². The van der Waals surface area contributed by atoms with Crippen LogP contribution in [0.2, 0.25) is 0 Å². The Labute approximate surface area is 152 Å². The van der Waals surface area contributed by atoms with Crippen molar-refractivity contribution in [1.82, 2.24) is 0 Å². The molecule has 2 aromatic rings. The van der Waals surface area contributed by atoms with Gasteiger partial charge < -0.3 is 5.32 Å². The van der Waals surface area contributed by atoms with Gasteiger partial charge in [0.1, 0.15) is 0 Å². The van der Waals surface area contributed by atoms with Crippen LogP contribution in [-0.4, -0.2) is 5.91 Å². The summed E-state index contributed by atoms with van der Waals surface area (Å²) in [7, 11) is 0. The number of hydrogen-bond acceptors (Lipinski definition) is 1. The van der Waals surface area contributed by atoms with Crippen molar-refractivity contribution >= 4 is 27.5 Å². The maximum absolute atomic E-state index is 12.0. The molecule has 0 bridgehead atoms. The highest BCUT2D eigenvalue weighted by molar-refractivity contribution is 9.08. The van der Waals surface area contributed by atoms with Gasteiger partial charge in [-0.25, -0.2) is 0 Å². The fraction of sp³-hybridized carbons (Fsp3) is 0.381. The van der Waals surface area contributed by atoms with Crippen molar-refractivity contribution < 1.29 is 4.79 Å². The molecule has 0 spiro atoms. The number of nitrogens with one attached hydrogen (secondary N) is 1. The van der Waals surface area contributed by atoms with Gasteiger partial charge in [-0.2, -0.15) is 0 Å². The first-order valence-electron chi connectivity index (χ1n) is 8.57. The van der Waals surface area contributed by atoms with Crippen LogP contribution < -0.4 is 5.32 Å². The minimum Gasteiger partial charge on any atom is -0.326 e. The van der Waals surface area contributed by atoms with E-state index in [1.807, 2.05) is 13.8 Å². The molecule has 1 amide bonds. The smallest absolute Gasteiger partial charge is 0.226 e. The maximum atomic E-state index is 12.0. The Morgan fingerprint density at radius 2 is 1.75 bits per heavy atom. The van der Waals surface area contributed by atoms with Crippen LogP contribution in [0, 0.1) is 11.8 Å². The summed E-state index contributed by atoms with van der Waals surface area (Å²) in [4.78, 5) is 12.0. The number of hydrogen-bond donors (Lipinski definition) is 1. The van der Waals surface area contributed by atoms with Crippen molar-refractivity contribution in [3.8, 4) is 0 Å². The molecule has 126 valence electrons. The van der Waals surface area contributed by atoms with Gasteiger partial charge in [0.2, 0.25) is 5.91 Å². The second kappa shape index (κ2) is 7.10. The van der Waals surface area contributed by atoms with Crippen molar-refractivity contribution in [3.63, 3.8) is 0 Å². The van der Waals surface area contributed by atoms with Crippen LogP contribution >= 0.6 is 15.9 Å². The lowest BCUT2D eigenvalue weighted by atomic mass is 10.0. The lowest BCUT2D eigenvalue weighted by Crippen LogP contribution is -2.18. The Morgan fingerprint density at radius 1 is 1.08 bits per heavy atom. The number of benzene rings is 2. The average Bonchev–Trinajstić information content (AvgIpc) is 3.27. The Hall–Kier alpha value is -1.61. The maximum Gasteiger partial charge on any atom is 0.226 e. The van der Waals surface area contributed by atoms with Gasteiger partial charge in [0.05, 0.1) is 0 Å². The molecule has 0 radical (unpaired) electrons. The van der Waals surface area contributed by atoms with E-state index in [1.54, 1.807) is 0 Å². The van der Waals surface area contributed by atoms with Gasteiger partial charge in [-0.05, 0) is 40.5 Å². The first-order valence-corrected chi connectivity index (χ1v) is 9.69. The highest BCUT2D eigenvalue weighted by atomic mass is 79.9. The fourth-order valence-corrected chi connectivity index (χ4v) is 3.95. The number of anilines is 1. The van der Waals surface area contributed by atoms with Crippen molar-refractivity contribution in [2.45, 2.75) is 37.9 Å². The van der Waals surface area contributed by atoms with Gasteiger partial charge in [0.15, 0.2) is 0 Å². The van der Waals surface area contributed by atoms with Gasteiger partial charge in [-0.3, -0.25) is 4.79 Å². The van der Waals surface area contributed by atoms with Crippen molar-refractivity contribution in [1.29, 1.82) is 0 Å². The molecule has 2 aromatic carbocycles. The van der Waals surface area contributed by atoms with Gasteiger partial charge in [-0.1, -0.05) is 79.2 Å². The van der Waals surface area contributed by atoms with Crippen LogP contribution in [0.15, 0.2) is 48.5 Å². The van der Waals surface area contributed by atoms with Gasteiger partial charge in [-0.15, -0.1) is 0 Å². The summed E-state index contributed by atoms with van der Waals surface area (Å²) in [5.74, 6) is 1.88. The molecule has 0 heterocycles. The quantitative estimate of drug-likeness (QED) is 0.657. The van der Waals surface area contributed by atoms with E-state index in [1.165, 1.54) is 11.1 Å². The topological polar surface area (TPSA) is 29.1 Å². The third-order valence-corrected chi connectivity index (χ3v) is 5.61. The van der Waals surface area contributed by atoms with Crippen LogP contribution in [0.3, 0.4) is 0 Å². The molecule has 0 aromatic heterocycles. The third kappa shape index (κ3) is 3.41. The number of alkyl halides is 1. The first kappa shape index (κ1) is 17.2. The van der Waals surface area contributed by atoms with E-state index in [0.717, 1.165) is 16.6 Å². The second-order valence-corrected chi connectivity index (χ2v) is 7.58. The number of halogens is 1. The molecule has 1 saturated carbocycles. The SMILES string of the molecule is CC(C)C(=O)Nc1ccc(C2C(C)C2c2ccccc2)cc1CBr. The second-order valence-electron chi connectivity index (χ2n) is 7.02.